The summed E-state index contributed by atoms with van der Waals surface area (Å²) in [5, 5.41) is 14.3. The van der Waals surface area contributed by atoms with Gasteiger partial charge in [-0.15, -0.1) is 0 Å². The fourth-order valence-corrected chi connectivity index (χ4v) is 1.88. The molecule has 1 unspecified atom stereocenters. The molecule has 0 bridgehead atoms. The zero-order valence-electron chi connectivity index (χ0n) is 11.6. The number of rotatable bonds is 6. The van der Waals surface area contributed by atoms with Crippen LogP contribution in [0.3, 0.4) is 0 Å². The third kappa shape index (κ3) is 4.36. The summed E-state index contributed by atoms with van der Waals surface area (Å²) >= 11 is 0. The molecule has 7 heteroatoms. The highest BCUT2D eigenvalue weighted by molar-refractivity contribution is 5.86. The quantitative estimate of drug-likeness (QED) is 0.649. The molecule has 0 aromatic rings. The number of aliphatic carboxylic acids is 1. The lowest BCUT2D eigenvalue weighted by Crippen LogP contribution is -2.58. The first kappa shape index (κ1) is 15.7. The van der Waals surface area contributed by atoms with Crippen molar-refractivity contribution in [3.05, 3.63) is 0 Å². The van der Waals surface area contributed by atoms with Crippen LogP contribution in [0, 0.1) is 0 Å². The van der Waals surface area contributed by atoms with Crippen LogP contribution in [-0.4, -0.2) is 54.6 Å². The molecule has 1 rings (SSSR count). The Labute approximate surface area is 112 Å². The predicted molar refractivity (Wildman–Crippen MR) is 68.0 cm³/mol. The van der Waals surface area contributed by atoms with Gasteiger partial charge in [0, 0.05) is 26.2 Å². The van der Waals surface area contributed by atoms with Gasteiger partial charge >= 0.3 is 12.0 Å². The fraction of sp³-hybridized carbons (Fsp3) is 0.833. The summed E-state index contributed by atoms with van der Waals surface area (Å²) in [6, 6.07) is -0.527. The first-order valence-corrected chi connectivity index (χ1v) is 6.32. The molecule has 0 aromatic carbocycles. The lowest BCUT2D eigenvalue weighted by molar-refractivity contribution is -0.144. The van der Waals surface area contributed by atoms with Gasteiger partial charge in [-0.25, -0.2) is 9.59 Å². The summed E-state index contributed by atoms with van der Waals surface area (Å²) in [5.41, 5.74) is -1.81. The summed E-state index contributed by atoms with van der Waals surface area (Å²) in [5.74, 6) is -1.08. The summed E-state index contributed by atoms with van der Waals surface area (Å²) in [7, 11) is 0. The number of ether oxygens (including phenoxy) is 2. The summed E-state index contributed by atoms with van der Waals surface area (Å²) in [6.07, 6.45) is 0.268. The standard InChI is InChI=1S/C12H22N2O5/c1-4-19-11(2,3)7-13-10(17)14-12(9(15)16)5-6-18-8-12/h4-8H2,1-3H3,(H,15,16)(H2,13,14,17). The van der Waals surface area contributed by atoms with Crippen LogP contribution in [-0.2, 0) is 14.3 Å². The highest BCUT2D eigenvalue weighted by atomic mass is 16.5. The molecule has 1 fully saturated rings. The molecule has 1 aliphatic rings. The van der Waals surface area contributed by atoms with Crippen LogP contribution in [0.1, 0.15) is 27.2 Å². The average Bonchev–Trinajstić information content (AvgIpc) is 2.76. The molecule has 3 N–H and O–H groups in total. The van der Waals surface area contributed by atoms with Crippen molar-refractivity contribution in [2.24, 2.45) is 0 Å². The van der Waals surface area contributed by atoms with Gasteiger partial charge in [0.25, 0.3) is 0 Å². The van der Waals surface area contributed by atoms with Crippen LogP contribution in [0.15, 0.2) is 0 Å². The molecule has 0 radical (unpaired) electrons. The fourth-order valence-electron chi connectivity index (χ4n) is 1.88. The van der Waals surface area contributed by atoms with E-state index < -0.39 is 23.1 Å². The molecule has 1 aliphatic heterocycles. The van der Waals surface area contributed by atoms with Gasteiger partial charge in [0.15, 0.2) is 5.54 Å². The van der Waals surface area contributed by atoms with E-state index in [1.54, 1.807) is 0 Å². The molecule has 0 saturated carbocycles. The molecule has 1 heterocycles. The zero-order valence-corrected chi connectivity index (χ0v) is 11.6. The van der Waals surface area contributed by atoms with Crippen molar-refractivity contribution >= 4 is 12.0 Å². The van der Waals surface area contributed by atoms with Crippen molar-refractivity contribution in [3.63, 3.8) is 0 Å². The number of carbonyl (C=O) groups excluding carboxylic acids is 1. The minimum Gasteiger partial charge on any atom is -0.479 e. The maximum Gasteiger partial charge on any atom is 0.332 e. The van der Waals surface area contributed by atoms with Crippen molar-refractivity contribution in [3.8, 4) is 0 Å². The lowest BCUT2D eigenvalue weighted by atomic mass is 9.99. The van der Waals surface area contributed by atoms with E-state index in [1.807, 2.05) is 20.8 Å². The Morgan fingerprint density at radius 2 is 2.16 bits per heavy atom. The van der Waals surface area contributed by atoms with Gasteiger partial charge in [0.1, 0.15) is 0 Å². The Hall–Kier alpha value is -1.34. The van der Waals surface area contributed by atoms with Crippen LogP contribution in [0.5, 0.6) is 0 Å². The second-order valence-electron chi connectivity index (χ2n) is 5.19. The number of amides is 2. The van der Waals surface area contributed by atoms with E-state index in [1.165, 1.54) is 0 Å². The Bertz CT molecular complexity index is 337. The number of urea groups is 1. The van der Waals surface area contributed by atoms with E-state index in [2.05, 4.69) is 10.6 Å². The maximum absolute atomic E-state index is 11.8. The van der Waals surface area contributed by atoms with Gasteiger partial charge < -0.3 is 25.2 Å². The van der Waals surface area contributed by atoms with Crippen molar-refractivity contribution in [2.45, 2.75) is 38.3 Å². The Morgan fingerprint density at radius 1 is 1.47 bits per heavy atom. The number of hydrogen-bond donors (Lipinski definition) is 3. The average molecular weight is 274 g/mol. The van der Waals surface area contributed by atoms with Gasteiger partial charge in [-0.05, 0) is 20.8 Å². The monoisotopic (exact) mass is 274 g/mol. The van der Waals surface area contributed by atoms with E-state index in [0.29, 0.717) is 19.8 Å². The molecule has 1 atom stereocenters. The number of carbonyl (C=O) groups is 2. The van der Waals surface area contributed by atoms with Crippen LogP contribution in [0.4, 0.5) is 4.79 Å². The zero-order chi connectivity index (χ0) is 14.5. The van der Waals surface area contributed by atoms with Gasteiger partial charge in [-0.2, -0.15) is 0 Å². The van der Waals surface area contributed by atoms with Gasteiger partial charge in [0.2, 0.25) is 0 Å². The van der Waals surface area contributed by atoms with E-state index in [0.717, 1.165) is 0 Å². The van der Waals surface area contributed by atoms with Crippen LogP contribution < -0.4 is 10.6 Å². The largest absolute Gasteiger partial charge is 0.479 e. The number of hydrogen-bond acceptors (Lipinski definition) is 4. The molecular weight excluding hydrogens is 252 g/mol. The molecule has 0 aliphatic carbocycles. The smallest absolute Gasteiger partial charge is 0.332 e. The highest BCUT2D eigenvalue weighted by Crippen LogP contribution is 2.18. The molecule has 19 heavy (non-hydrogen) atoms. The number of carboxylic acids is 1. The molecular formula is C12H22N2O5. The van der Waals surface area contributed by atoms with Crippen molar-refractivity contribution in [2.75, 3.05) is 26.4 Å². The Morgan fingerprint density at radius 3 is 2.63 bits per heavy atom. The van der Waals surface area contributed by atoms with Crippen molar-refractivity contribution < 1.29 is 24.2 Å². The summed E-state index contributed by atoms with van der Waals surface area (Å²) < 4.78 is 10.5. The van der Waals surface area contributed by atoms with Gasteiger partial charge in [-0.1, -0.05) is 0 Å². The third-order valence-corrected chi connectivity index (χ3v) is 2.99. The van der Waals surface area contributed by atoms with E-state index in [4.69, 9.17) is 9.47 Å². The Kier molecular flexibility index (Phi) is 5.13. The van der Waals surface area contributed by atoms with E-state index in [9.17, 15) is 14.7 Å². The predicted octanol–water partition coefficient (Wildman–Crippen LogP) is 0.344. The third-order valence-electron chi connectivity index (χ3n) is 2.99. The van der Waals surface area contributed by atoms with Crippen LogP contribution in [0.25, 0.3) is 0 Å². The molecule has 0 spiro atoms. The minimum absolute atomic E-state index is 0.00932. The van der Waals surface area contributed by atoms with Crippen molar-refractivity contribution in [1.29, 1.82) is 0 Å². The van der Waals surface area contributed by atoms with Crippen LogP contribution in [0.2, 0.25) is 0 Å². The van der Waals surface area contributed by atoms with Crippen LogP contribution >= 0.6 is 0 Å². The Balaban J connectivity index is 2.48. The van der Waals surface area contributed by atoms with E-state index >= 15 is 0 Å². The van der Waals surface area contributed by atoms with Crippen molar-refractivity contribution in [1.82, 2.24) is 10.6 Å². The van der Waals surface area contributed by atoms with Gasteiger partial charge in [0.05, 0.1) is 12.2 Å². The second-order valence-corrected chi connectivity index (χ2v) is 5.19. The SMILES string of the molecule is CCOC(C)(C)CNC(=O)NC1(C(=O)O)CCOC1. The first-order valence-electron chi connectivity index (χ1n) is 6.32. The molecule has 1 saturated heterocycles. The molecule has 7 nitrogen and oxygen atoms in total. The molecule has 110 valence electrons. The maximum atomic E-state index is 11.8. The number of nitrogens with one attached hydrogen (secondary N) is 2. The first-order chi connectivity index (χ1) is 8.81. The summed E-state index contributed by atoms with van der Waals surface area (Å²) in [4.78, 5) is 23.0. The normalized spacial score (nSPS) is 23.1. The van der Waals surface area contributed by atoms with Gasteiger partial charge in [-0.3, -0.25) is 0 Å². The lowest BCUT2D eigenvalue weighted by Gasteiger charge is -2.27. The summed E-state index contributed by atoms with van der Waals surface area (Å²) in [6.45, 7) is 6.73. The number of carboxylic acid groups (broad SMARTS) is 1. The minimum atomic E-state index is -1.32. The highest BCUT2D eigenvalue weighted by Gasteiger charge is 2.44. The topological polar surface area (TPSA) is 96.9 Å². The molecule has 2 amide bonds. The molecule has 0 aromatic heterocycles. The van der Waals surface area contributed by atoms with E-state index in [-0.39, 0.29) is 13.0 Å². The second kappa shape index (κ2) is 6.21.